The largest absolute Gasteiger partial charge is 0.299 e. The van der Waals surface area contributed by atoms with Crippen LogP contribution in [0.2, 0.25) is 0 Å². The maximum Gasteiger partial charge on any atom is 0.141 e. The molecular weight excluding hydrogens is 304 g/mol. The van der Waals surface area contributed by atoms with Gasteiger partial charge in [0.2, 0.25) is 0 Å². The molecule has 25 heavy (non-hydrogen) atoms. The molecule has 1 atom stereocenters. The van der Waals surface area contributed by atoms with E-state index in [9.17, 15) is 4.79 Å². The van der Waals surface area contributed by atoms with Crippen molar-refractivity contribution in [2.75, 3.05) is 0 Å². The van der Waals surface area contributed by atoms with Crippen molar-refractivity contribution in [2.24, 2.45) is 16.7 Å². The van der Waals surface area contributed by atoms with E-state index in [4.69, 9.17) is 0 Å². The Morgan fingerprint density at radius 2 is 1.52 bits per heavy atom. The van der Waals surface area contributed by atoms with E-state index in [0.717, 1.165) is 18.8 Å². The van der Waals surface area contributed by atoms with Gasteiger partial charge in [-0.2, -0.15) is 0 Å². The lowest BCUT2D eigenvalue weighted by molar-refractivity contribution is -0.131. The van der Waals surface area contributed by atoms with E-state index < -0.39 is 0 Å². The number of rotatable bonds is 5. The van der Waals surface area contributed by atoms with Crippen molar-refractivity contribution >= 4 is 5.78 Å². The van der Waals surface area contributed by atoms with Crippen LogP contribution in [0, 0.1) is 16.7 Å². The first-order chi connectivity index (χ1) is 11.6. The number of carbonyl (C=O) groups excluding carboxylic acids is 1. The third-order valence-corrected chi connectivity index (χ3v) is 5.51. The predicted molar refractivity (Wildman–Crippen MR) is 108 cm³/mol. The standard InChI is InChI=1S/C24H38O/c1-23(2,3)17-21(22(25)24(4,5)6)16-18-12-14-20(15-13-18)19-10-8-7-9-11-19/h12-15,19,21H,7-11,16-17H2,1-6H3/t21-/m1/s1. The monoisotopic (exact) mass is 342 g/mol. The molecule has 1 aliphatic rings. The Bertz CT molecular complexity index is 547. The number of hydrogen-bond donors (Lipinski definition) is 0. The summed E-state index contributed by atoms with van der Waals surface area (Å²) >= 11 is 0. The van der Waals surface area contributed by atoms with Crippen LogP contribution in [0.15, 0.2) is 24.3 Å². The van der Waals surface area contributed by atoms with Gasteiger partial charge in [0.1, 0.15) is 5.78 Å². The minimum absolute atomic E-state index is 0.112. The molecule has 1 aromatic rings. The Hall–Kier alpha value is -1.11. The molecule has 1 saturated carbocycles. The van der Waals surface area contributed by atoms with Crippen LogP contribution in [0.4, 0.5) is 0 Å². The highest BCUT2D eigenvalue weighted by atomic mass is 16.1. The minimum Gasteiger partial charge on any atom is -0.299 e. The maximum absolute atomic E-state index is 13.0. The average Bonchev–Trinajstić information content (AvgIpc) is 2.53. The first-order valence-corrected chi connectivity index (χ1v) is 10.2. The first kappa shape index (κ1) is 20.2. The van der Waals surface area contributed by atoms with Crippen LogP contribution >= 0.6 is 0 Å². The van der Waals surface area contributed by atoms with Gasteiger partial charge in [-0.05, 0) is 48.1 Å². The summed E-state index contributed by atoms with van der Waals surface area (Å²) in [6.07, 6.45) is 8.66. The lowest BCUT2D eigenvalue weighted by atomic mass is 9.73. The molecule has 0 aliphatic heterocycles. The highest BCUT2D eigenvalue weighted by Crippen LogP contribution is 2.34. The van der Waals surface area contributed by atoms with E-state index in [-0.39, 0.29) is 16.7 Å². The van der Waals surface area contributed by atoms with E-state index in [0.29, 0.717) is 5.78 Å². The molecule has 2 rings (SSSR count). The van der Waals surface area contributed by atoms with E-state index in [1.54, 1.807) is 0 Å². The molecule has 0 aromatic heterocycles. The summed E-state index contributed by atoms with van der Waals surface area (Å²) < 4.78 is 0. The Morgan fingerprint density at radius 1 is 0.960 bits per heavy atom. The maximum atomic E-state index is 13.0. The van der Waals surface area contributed by atoms with Crippen molar-refractivity contribution in [3.05, 3.63) is 35.4 Å². The number of benzene rings is 1. The van der Waals surface area contributed by atoms with Crippen LogP contribution in [0.25, 0.3) is 0 Å². The summed E-state index contributed by atoms with van der Waals surface area (Å²) in [5, 5.41) is 0. The average molecular weight is 343 g/mol. The van der Waals surface area contributed by atoms with Gasteiger partial charge in [0.05, 0.1) is 0 Å². The lowest BCUT2D eigenvalue weighted by Crippen LogP contribution is -2.32. The number of ketones is 1. The molecule has 0 radical (unpaired) electrons. The van der Waals surface area contributed by atoms with Crippen LogP contribution in [-0.2, 0) is 11.2 Å². The fourth-order valence-electron chi connectivity index (χ4n) is 4.26. The molecule has 1 fully saturated rings. The van der Waals surface area contributed by atoms with E-state index >= 15 is 0 Å². The molecule has 1 heteroatoms. The smallest absolute Gasteiger partial charge is 0.141 e. The second-order valence-corrected chi connectivity index (χ2v) is 10.4. The predicted octanol–water partition coefficient (Wildman–Crippen LogP) is 6.94. The van der Waals surface area contributed by atoms with Crippen molar-refractivity contribution in [2.45, 2.75) is 92.4 Å². The third-order valence-electron chi connectivity index (χ3n) is 5.51. The summed E-state index contributed by atoms with van der Waals surface area (Å²) in [5.74, 6) is 1.27. The number of Topliss-reactive ketones (excluding diaryl/α,β-unsaturated/α-hetero) is 1. The minimum atomic E-state index is -0.266. The van der Waals surface area contributed by atoms with Gasteiger partial charge in [-0.1, -0.05) is 85.1 Å². The summed E-state index contributed by atoms with van der Waals surface area (Å²) in [6.45, 7) is 12.9. The van der Waals surface area contributed by atoms with Gasteiger partial charge in [0.15, 0.2) is 0 Å². The van der Waals surface area contributed by atoms with E-state index in [1.165, 1.54) is 43.2 Å². The normalized spacial score (nSPS) is 18.2. The zero-order valence-corrected chi connectivity index (χ0v) is 17.3. The first-order valence-electron chi connectivity index (χ1n) is 10.2. The molecule has 0 unspecified atom stereocenters. The van der Waals surface area contributed by atoms with Crippen LogP contribution in [0.5, 0.6) is 0 Å². The molecule has 0 saturated heterocycles. The highest BCUT2D eigenvalue weighted by Gasteiger charge is 2.32. The Kier molecular flexibility index (Phi) is 6.51. The van der Waals surface area contributed by atoms with E-state index in [2.05, 4.69) is 65.8 Å². The lowest BCUT2D eigenvalue weighted by Gasteiger charge is -2.30. The zero-order valence-electron chi connectivity index (χ0n) is 17.3. The summed E-state index contributed by atoms with van der Waals surface area (Å²) in [6, 6.07) is 9.19. The van der Waals surface area contributed by atoms with Crippen LogP contribution in [-0.4, -0.2) is 5.78 Å². The van der Waals surface area contributed by atoms with Gasteiger partial charge >= 0.3 is 0 Å². The summed E-state index contributed by atoms with van der Waals surface area (Å²) in [7, 11) is 0. The Balaban J connectivity index is 2.10. The fraction of sp³-hybridized carbons (Fsp3) is 0.708. The van der Waals surface area contributed by atoms with Gasteiger partial charge < -0.3 is 0 Å². The molecule has 0 heterocycles. The second-order valence-electron chi connectivity index (χ2n) is 10.4. The quantitative estimate of drug-likeness (QED) is 0.566. The highest BCUT2D eigenvalue weighted by molar-refractivity contribution is 5.86. The zero-order chi connectivity index (χ0) is 18.7. The third kappa shape index (κ3) is 6.28. The fourth-order valence-corrected chi connectivity index (χ4v) is 4.26. The molecule has 1 aliphatic carbocycles. The summed E-state index contributed by atoms with van der Waals surface area (Å²) in [5.41, 5.74) is 2.72. The van der Waals surface area contributed by atoms with Crippen LogP contribution in [0.3, 0.4) is 0 Å². The molecule has 1 aromatic carbocycles. The van der Waals surface area contributed by atoms with Crippen LogP contribution in [0.1, 0.15) is 97.1 Å². The Labute approximate surface area is 155 Å². The molecule has 1 nitrogen and oxygen atoms in total. The van der Waals surface area contributed by atoms with Crippen molar-refractivity contribution in [3.63, 3.8) is 0 Å². The van der Waals surface area contributed by atoms with Gasteiger partial charge in [-0.15, -0.1) is 0 Å². The molecule has 0 N–H and O–H groups in total. The van der Waals surface area contributed by atoms with Gasteiger partial charge in [0, 0.05) is 11.3 Å². The van der Waals surface area contributed by atoms with Gasteiger partial charge in [-0.25, -0.2) is 0 Å². The van der Waals surface area contributed by atoms with Crippen molar-refractivity contribution in [3.8, 4) is 0 Å². The molecular formula is C24H38O. The number of carbonyl (C=O) groups is 1. The van der Waals surface area contributed by atoms with Gasteiger partial charge in [0.25, 0.3) is 0 Å². The Morgan fingerprint density at radius 3 is 2.00 bits per heavy atom. The van der Waals surface area contributed by atoms with Crippen LogP contribution < -0.4 is 0 Å². The molecule has 0 bridgehead atoms. The van der Waals surface area contributed by atoms with E-state index in [1.807, 2.05) is 0 Å². The molecule has 0 spiro atoms. The van der Waals surface area contributed by atoms with Crippen molar-refractivity contribution < 1.29 is 4.79 Å². The summed E-state index contributed by atoms with van der Waals surface area (Å²) in [4.78, 5) is 13.0. The van der Waals surface area contributed by atoms with Crippen molar-refractivity contribution in [1.82, 2.24) is 0 Å². The molecule has 0 amide bonds. The SMILES string of the molecule is CC(C)(C)C[C@@H](Cc1ccc(C2CCCCC2)cc1)C(=O)C(C)(C)C. The second kappa shape index (κ2) is 8.06. The van der Waals surface area contributed by atoms with Gasteiger partial charge in [-0.3, -0.25) is 4.79 Å². The topological polar surface area (TPSA) is 17.1 Å². The van der Waals surface area contributed by atoms with Crippen molar-refractivity contribution in [1.29, 1.82) is 0 Å². The molecule has 140 valence electrons. The number of hydrogen-bond acceptors (Lipinski definition) is 1.